The standard InChI is InChI=1S/C17H17N3O2S2/c1-9-13-15(18-8-19(3)16(13)21)24-14(9)17(22)20-6-4-12-11(10(20)2)5-7-23-12/h5,7-8,10H,4,6H2,1-3H3/t10-/m0/s1. The highest BCUT2D eigenvalue weighted by atomic mass is 32.1. The number of amides is 1. The quantitative estimate of drug-likeness (QED) is 0.671. The second kappa shape index (κ2) is 5.53. The number of hydrogen-bond donors (Lipinski definition) is 0. The van der Waals surface area contributed by atoms with Gasteiger partial charge in [0, 0.05) is 18.5 Å². The van der Waals surface area contributed by atoms with E-state index in [-0.39, 0.29) is 17.5 Å². The summed E-state index contributed by atoms with van der Waals surface area (Å²) in [6, 6.07) is 2.17. The normalized spacial score (nSPS) is 17.3. The summed E-state index contributed by atoms with van der Waals surface area (Å²) >= 11 is 3.08. The van der Waals surface area contributed by atoms with E-state index in [0.29, 0.717) is 21.6 Å². The first-order valence-electron chi connectivity index (χ1n) is 7.81. The Labute approximate surface area is 147 Å². The summed E-state index contributed by atoms with van der Waals surface area (Å²) in [5.41, 5.74) is 1.89. The van der Waals surface area contributed by atoms with Crippen LogP contribution in [0.15, 0.2) is 22.6 Å². The van der Waals surface area contributed by atoms with Crippen molar-refractivity contribution in [2.45, 2.75) is 26.3 Å². The Balaban J connectivity index is 1.78. The molecule has 0 spiro atoms. The summed E-state index contributed by atoms with van der Waals surface area (Å²) in [7, 11) is 1.68. The molecule has 1 aliphatic heterocycles. The first-order valence-corrected chi connectivity index (χ1v) is 9.50. The van der Waals surface area contributed by atoms with Crippen molar-refractivity contribution >= 4 is 38.8 Å². The Bertz CT molecular complexity index is 1010. The van der Waals surface area contributed by atoms with E-state index in [1.165, 1.54) is 32.7 Å². The van der Waals surface area contributed by atoms with Crippen LogP contribution in [0.1, 0.15) is 38.6 Å². The Kier molecular flexibility index (Phi) is 3.58. The molecule has 0 N–H and O–H groups in total. The largest absolute Gasteiger partial charge is 0.331 e. The van der Waals surface area contributed by atoms with Crippen LogP contribution in [0.5, 0.6) is 0 Å². The van der Waals surface area contributed by atoms with Crippen LogP contribution in [-0.2, 0) is 13.5 Å². The number of fused-ring (bicyclic) bond motifs is 2. The molecule has 0 aromatic carbocycles. The van der Waals surface area contributed by atoms with Gasteiger partial charge in [0.05, 0.1) is 22.6 Å². The predicted molar refractivity (Wildman–Crippen MR) is 97.1 cm³/mol. The molecule has 0 saturated carbocycles. The van der Waals surface area contributed by atoms with Gasteiger partial charge in [0.25, 0.3) is 11.5 Å². The zero-order chi connectivity index (χ0) is 17.0. The Morgan fingerprint density at radius 2 is 2.21 bits per heavy atom. The minimum Gasteiger partial charge on any atom is -0.331 e. The second-order valence-electron chi connectivity index (χ2n) is 6.12. The first-order chi connectivity index (χ1) is 11.5. The Morgan fingerprint density at radius 3 is 3.00 bits per heavy atom. The van der Waals surface area contributed by atoms with Crippen LogP contribution < -0.4 is 5.56 Å². The number of rotatable bonds is 1. The van der Waals surface area contributed by atoms with Gasteiger partial charge in [-0.1, -0.05) is 0 Å². The number of carbonyl (C=O) groups excluding carboxylic acids is 1. The summed E-state index contributed by atoms with van der Waals surface area (Å²) < 4.78 is 1.46. The molecule has 4 rings (SSSR count). The summed E-state index contributed by atoms with van der Waals surface area (Å²) in [6.07, 6.45) is 2.41. The molecule has 0 saturated heterocycles. The van der Waals surface area contributed by atoms with Gasteiger partial charge in [0.15, 0.2) is 0 Å². The number of carbonyl (C=O) groups is 1. The van der Waals surface area contributed by atoms with Gasteiger partial charge in [-0.15, -0.1) is 22.7 Å². The zero-order valence-electron chi connectivity index (χ0n) is 13.7. The van der Waals surface area contributed by atoms with E-state index in [1.54, 1.807) is 18.4 Å². The number of aromatic nitrogens is 2. The molecule has 0 bridgehead atoms. The highest BCUT2D eigenvalue weighted by molar-refractivity contribution is 7.20. The molecule has 0 fully saturated rings. The maximum absolute atomic E-state index is 13.1. The van der Waals surface area contributed by atoms with Gasteiger partial charge in [0.1, 0.15) is 4.83 Å². The zero-order valence-corrected chi connectivity index (χ0v) is 15.3. The van der Waals surface area contributed by atoms with Crippen LogP contribution in [0.4, 0.5) is 0 Å². The molecule has 5 nitrogen and oxygen atoms in total. The van der Waals surface area contributed by atoms with Crippen molar-refractivity contribution in [3.05, 3.63) is 49.0 Å². The molecule has 1 amide bonds. The van der Waals surface area contributed by atoms with Crippen molar-refractivity contribution in [2.75, 3.05) is 6.54 Å². The third-order valence-corrected chi connectivity index (χ3v) is 6.93. The van der Waals surface area contributed by atoms with E-state index in [4.69, 9.17) is 0 Å². The van der Waals surface area contributed by atoms with Gasteiger partial charge >= 0.3 is 0 Å². The van der Waals surface area contributed by atoms with Crippen molar-refractivity contribution in [3.63, 3.8) is 0 Å². The number of thiophene rings is 2. The van der Waals surface area contributed by atoms with Crippen LogP contribution in [0, 0.1) is 6.92 Å². The number of nitrogens with zero attached hydrogens (tertiary/aromatic N) is 3. The van der Waals surface area contributed by atoms with Crippen LogP contribution in [0.3, 0.4) is 0 Å². The third kappa shape index (κ3) is 2.15. The monoisotopic (exact) mass is 359 g/mol. The van der Waals surface area contributed by atoms with E-state index < -0.39 is 0 Å². The molecule has 0 unspecified atom stereocenters. The van der Waals surface area contributed by atoms with Gasteiger partial charge in [0.2, 0.25) is 0 Å². The molecule has 1 atom stereocenters. The summed E-state index contributed by atoms with van der Waals surface area (Å²) in [5, 5.41) is 2.65. The molecule has 24 heavy (non-hydrogen) atoms. The van der Waals surface area contributed by atoms with Crippen molar-refractivity contribution in [2.24, 2.45) is 7.05 Å². The SMILES string of the molecule is Cc1c(C(=O)N2CCc3sccc3[C@@H]2C)sc2ncn(C)c(=O)c12. The van der Waals surface area contributed by atoms with Crippen LogP contribution in [0.2, 0.25) is 0 Å². The number of aryl methyl sites for hydroxylation is 2. The van der Waals surface area contributed by atoms with Crippen LogP contribution in [-0.4, -0.2) is 26.9 Å². The fourth-order valence-corrected chi connectivity index (χ4v) is 5.39. The second-order valence-corrected chi connectivity index (χ2v) is 8.12. The summed E-state index contributed by atoms with van der Waals surface area (Å²) in [5.74, 6) is 0.00176. The lowest BCUT2D eigenvalue weighted by molar-refractivity contribution is 0.0684. The highest BCUT2D eigenvalue weighted by Gasteiger charge is 2.31. The van der Waals surface area contributed by atoms with Gasteiger partial charge in [-0.25, -0.2) is 4.98 Å². The molecule has 3 aromatic heterocycles. The lowest BCUT2D eigenvalue weighted by Crippen LogP contribution is -2.38. The molecule has 3 aromatic rings. The minimum absolute atomic E-state index is 0.00176. The summed E-state index contributed by atoms with van der Waals surface area (Å²) in [4.78, 5) is 34.4. The van der Waals surface area contributed by atoms with E-state index in [9.17, 15) is 9.59 Å². The van der Waals surface area contributed by atoms with Crippen LogP contribution >= 0.6 is 22.7 Å². The highest BCUT2D eigenvalue weighted by Crippen LogP contribution is 2.36. The van der Waals surface area contributed by atoms with Gasteiger partial charge in [-0.2, -0.15) is 0 Å². The van der Waals surface area contributed by atoms with Crippen molar-refractivity contribution in [1.29, 1.82) is 0 Å². The summed E-state index contributed by atoms with van der Waals surface area (Å²) in [6.45, 7) is 4.63. The van der Waals surface area contributed by atoms with Crippen LogP contribution in [0.25, 0.3) is 10.2 Å². The van der Waals surface area contributed by atoms with Crippen molar-refractivity contribution in [1.82, 2.24) is 14.5 Å². The molecule has 0 aliphatic carbocycles. The molecule has 1 aliphatic rings. The number of hydrogen-bond acceptors (Lipinski definition) is 5. The molecule has 4 heterocycles. The molecule has 124 valence electrons. The molecular weight excluding hydrogens is 342 g/mol. The average Bonchev–Trinajstić information content (AvgIpc) is 3.16. The smallest absolute Gasteiger partial charge is 0.264 e. The van der Waals surface area contributed by atoms with E-state index in [2.05, 4.69) is 23.4 Å². The lowest BCUT2D eigenvalue weighted by Gasteiger charge is -2.33. The average molecular weight is 359 g/mol. The molecule has 0 radical (unpaired) electrons. The molecular formula is C17H17N3O2S2. The van der Waals surface area contributed by atoms with Gasteiger partial charge in [-0.3, -0.25) is 9.59 Å². The predicted octanol–water partition coefficient (Wildman–Crippen LogP) is 3.12. The van der Waals surface area contributed by atoms with Gasteiger partial charge < -0.3 is 9.47 Å². The lowest BCUT2D eigenvalue weighted by atomic mass is 10.0. The fourth-order valence-electron chi connectivity index (χ4n) is 3.33. The first kappa shape index (κ1) is 15.5. The molecule has 7 heteroatoms. The van der Waals surface area contributed by atoms with Crippen molar-refractivity contribution in [3.8, 4) is 0 Å². The van der Waals surface area contributed by atoms with E-state index >= 15 is 0 Å². The third-order valence-electron chi connectivity index (χ3n) is 4.74. The maximum Gasteiger partial charge on any atom is 0.264 e. The van der Waals surface area contributed by atoms with Gasteiger partial charge in [-0.05, 0) is 42.8 Å². The minimum atomic E-state index is -0.0976. The van der Waals surface area contributed by atoms with E-state index in [1.807, 2.05) is 11.8 Å². The van der Waals surface area contributed by atoms with E-state index in [0.717, 1.165) is 12.0 Å². The topological polar surface area (TPSA) is 55.2 Å². The maximum atomic E-state index is 13.1. The fraction of sp³-hybridized carbons (Fsp3) is 0.353. The Morgan fingerprint density at radius 1 is 1.42 bits per heavy atom. The Hall–Kier alpha value is -1.99. The van der Waals surface area contributed by atoms with Crippen molar-refractivity contribution < 1.29 is 4.79 Å².